The molecule has 6 heteroatoms. The van der Waals surface area contributed by atoms with Crippen LogP contribution >= 0.6 is 0 Å². The fourth-order valence-electron chi connectivity index (χ4n) is 1.52. The minimum atomic E-state index is -0.914. The molecule has 1 N–H and O–H groups in total. The summed E-state index contributed by atoms with van der Waals surface area (Å²) in [5, 5.41) is 2.23. The summed E-state index contributed by atoms with van der Waals surface area (Å²) in [6.07, 6.45) is 0.477. The first-order chi connectivity index (χ1) is 7.32. The number of urea groups is 1. The number of hydrogen-bond acceptors (Lipinski definition) is 3. The highest BCUT2D eigenvalue weighted by Gasteiger charge is 2.48. The molecule has 0 aromatic rings. The molecular formula is C10H17N3O3. The Labute approximate surface area is 94.6 Å². The molecule has 16 heavy (non-hydrogen) atoms. The fourth-order valence-corrected chi connectivity index (χ4v) is 1.52. The minimum Gasteiger partial charge on any atom is -0.347 e. The molecule has 1 aliphatic heterocycles. The Hall–Kier alpha value is -1.59. The number of amides is 4. The molecule has 0 aromatic carbocycles. The summed E-state index contributed by atoms with van der Waals surface area (Å²) in [6, 6.07) is -0.496. The maximum absolute atomic E-state index is 11.6. The zero-order chi connectivity index (χ0) is 12.5. The van der Waals surface area contributed by atoms with Crippen molar-refractivity contribution in [2.45, 2.75) is 25.8 Å². The highest BCUT2D eigenvalue weighted by Crippen LogP contribution is 2.24. The third kappa shape index (κ3) is 1.87. The maximum atomic E-state index is 11.6. The van der Waals surface area contributed by atoms with Crippen LogP contribution in [-0.4, -0.2) is 53.8 Å². The van der Waals surface area contributed by atoms with Crippen molar-refractivity contribution in [1.82, 2.24) is 15.1 Å². The first-order valence-electron chi connectivity index (χ1n) is 5.16. The highest BCUT2D eigenvalue weighted by atomic mass is 16.2. The molecule has 0 aliphatic carbocycles. The van der Waals surface area contributed by atoms with Gasteiger partial charge in [0, 0.05) is 14.1 Å². The molecule has 1 heterocycles. The number of nitrogens with zero attached hydrogens (tertiary/aromatic N) is 2. The molecule has 1 saturated heterocycles. The van der Waals surface area contributed by atoms with Crippen molar-refractivity contribution in [2.24, 2.45) is 0 Å². The zero-order valence-electron chi connectivity index (χ0n) is 10.0. The van der Waals surface area contributed by atoms with Crippen LogP contribution in [0.4, 0.5) is 4.79 Å². The Morgan fingerprint density at radius 1 is 1.44 bits per heavy atom. The Morgan fingerprint density at radius 3 is 2.44 bits per heavy atom. The standard InChI is InChI=1S/C10H17N3O3/c1-5-10(2)8(15)11-9(16)13(10)6-7(14)12(3)4/h5-6H2,1-4H3,(H,11,15,16). The van der Waals surface area contributed by atoms with Crippen LogP contribution in [0.15, 0.2) is 0 Å². The number of nitrogens with one attached hydrogen (secondary N) is 1. The summed E-state index contributed by atoms with van der Waals surface area (Å²) in [4.78, 5) is 37.4. The van der Waals surface area contributed by atoms with Crippen LogP contribution in [0.2, 0.25) is 0 Å². The Balaban J connectivity index is 2.89. The lowest BCUT2D eigenvalue weighted by atomic mass is 9.97. The lowest BCUT2D eigenvalue weighted by Crippen LogP contribution is -2.50. The van der Waals surface area contributed by atoms with E-state index in [1.54, 1.807) is 21.0 Å². The molecule has 6 nitrogen and oxygen atoms in total. The second kappa shape index (κ2) is 4.11. The van der Waals surface area contributed by atoms with Gasteiger partial charge in [0.05, 0.1) is 0 Å². The van der Waals surface area contributed by atoms with E-state index in [0.29, 0.717) is 6.42 Å². The molecule has 90 valence electrons. The molecule has 0 saturated carbocycles. The fraction of sp³-hybridized carbons (Fsp3) is 0.700. The molecule has 1 atom stereocenters. The topological polar surface area (TPSA) is 69.7 Å². The van der Waals surface area contributed by atoms with Crippen molar-refractivity contribution in [3.63, 3.8) is 0 Å². The molecule has 0 aromatic heterocycles. The molecule has 1 rings (SSSR count). The van der Waals surface area contributed by atoms with Gasteiger partial charge in [0.2, 0.25) is 5.91 Å². The summed E-state index contributed by atoms with van der Waals surface area (Å²) in [7, 11) is 3.23. The molecule has 4 amide bonds. The van der Waals surface area contributed by atoms with E-state index in [4.69, 9.17) is 0 Å². The summed E-state index contributed by atoms with van der Waals surface area (Å²) in [5.74, 6) is -0.545. The van der Waals surface area contributed by atoms with Crippen LogP contribution in [0.25, 0.3) is 0 Å². The highest BCUT2D eigenvalue weighted by molar-refractivity contribution is 6.07. The molecule has 1 unspecified atom stereocenters. The first kappa shape index (κ1) is 12.5. The normalized spacial score (nSPS) is 24.6. The van der Waals surface area contributed by atoms with Gasteiger partial charge < -0.3 is 9.80 Å². The second-order valence-electron chi connectivity index (χ2n) is 4.26. The Morgan fingerprint density at radius 2 is 2.00 bits per heavy atom. The monoisotopic (exact) mass is 227 g/mol. The largest absolute Gasteiger partial charge is 0.347 e. The lowest BCUT2D eigenvalue weighted by molar-refractivity contribution is -0.132. The van der Waals surface area contributed by atoms with Crippen molar-refractivity contribution < 1.29 is 14.4 Å². The van der Waals surface area contributed by atoms with Crippen molar-refractivity contribution >= 4 is 17.8 Å². The van der Waals surface area contributed by atoms with Crippen molar-refractivity contribution in [3.05, 3.63) is 0 Å². The van der Waals surface area contributed by atoms with Crippen LogP contribution in [-0.2, 0) is 9.59 Å². The lowest BCUT2D eigenvalue weighted by Gasteiger charge is -2.30. The number of imide groups is 1. The van der Waals surface area contributed by atoms with Gasteiger partial charge in [0.25, 0.3) is 5.91 Å². The van der Waals surface area contributed by atoms with Gasteiger partial charge in [-0.3, -0.25) is 14.9 Å². The SMILES string of the molecule is CCC1(C)C(=O)NC(=O)N1CC(=O)N(C)C. The van der Waals surface area contributed by atoms with Gasteiger partial charge in [-0.25, -0.2) is 4.79 Å². The average molecular weight is 227 g/mol. The van der Waals surface area contributed by atoms with E-state index in [1.807, 2.05) is 6.92 Å². The van der Waals surface area contributed by atoms with E-state index >= 15 is 0 Å². The van der Waals surface area contributed by atoms with E-state index in [-0.39, 0.29) is 18.4 Å². The number of carbonyl (C=O) groups excluding carboxylic acids is 3. The minimum absolute atomic E-state index is 0.0745. The van der Waals surface area contributed by atoms with E-state index in [9.17, 15) is 14.4 Å². The number of hydrogen-bond donors (Lipinski definition) is 1. The third-order valence-corrected chi connectivity index (χ3v) is 3.03. The number of likely N-dealkylation sites (N-methyl/N-ethyl adjacent to an activating group) is 1. The van der Waals surface area contributed by atoms with Crippen LogP contribution in [0.1, 0.15) is 20.3 Å². The van der Waals surface area contributed by atoms with Crippen molar-refractivity contribution in [1.29, 1.82) is 0 Å². The summed E-state index contributed by atoms with van der Waals surface area (Å²) >= 11 is 0. The van der Waals surface area contributed by atoms with Gasteiger partial charge >= 0.3 is 6.03 Å². The predicted octanol–water partition coefficient (Wildman–Crippen LogP) is -0.205. The van der Waals surface area contributed by atoms with Crippen LogP contribution in [0, 0.1) is 0 Å². The Kier molecular flexibility index (Phi) is 3.21. The summed E-state index contributed by atoms with van der Waals surface area (Å²) in [6.45, 7) is 3.40. The van der Waals surface area contributed by atoms with Gasteiger partial charge in [-0.2, -0.15) is 0 Å². The van der Waals surface area contributed by atoms with Gasteiger partial charge in [0.1, 0.15) is 12.1 Å². The van der Waals surface area contributed by atoms with Crippen LogP contribution < -0.4 is 5.32 Å². The molecule has 0 radical (unpaired) electrons. The quantitative estimate of drug-likeness (QED) is 0.678. The van der Waals surface area contributed by atoms with Crippen LogP contribution in [0.3, 0.4) is 0 Å². The molecule has 1 aliphatic rings. The maximum Gasteiger partial charge on any atom is 0.325 e. The summed E-state index contributed by atoms with van der Waals surface area (Å²) in [5.41, 5.74) is -0.914. The van der Waals surface area contributed by atoms with E-state index in [1.165, 1.54) is 9.80 Å². The molecule has 1 fully saturated rings. The zero-order valence-corrected chi connectivity index (χ0v) is 10.0. The van der Waals surface area contributed by atoms with E-state index < -0.39 is 11.6 Å². The van der Waals surface area contributed by atoms with Gasteiger partial charge in [-0.1, -0.05) is 6.92 Å². The number of carbonyl (C=O) groups is 3. The van der Waals surface area contributed by atoms with Crippen molar-refractivity contribution in [3.8, 4) is 0 Å². The van der Waals surface area contributed by atoms with Crippen molar-refractivity contribution in [2.75, 3.05) is 20.6 Å². The smallest absolute Gasteiger partial charge is 0.325 e. The summed E-state index contributed by atoms with van der Waals surface area (Å²) < 4.78 is 0. The third-order valence-electron chi connectivity index (χ3n) is 3.03. The molecule has 0 spiro atoms. The second-order valence-corrected chi connectivity index (χ2v) is 4.26. The molecular weight excluding hydrogens is 210 g/mol. The van der Waals surface area contributed by atoms with E-state index in [0.717, 1.165) is 0 Å². The van der Waals surface area contributed by atoms with Crippen LogP contribution in [0.5, 0.6) is 0 Å². The first-order valence-corrected chi connectivity index (χ1v) is 5.16. The number of rotatable bonds is 3. The molecule has 0 bridgehead atoms. The van der Waals surface area contributed by atoms with Gasteiger partial charge in [-0.15, -0.1) is 0 Å². The Bertz CT molecular complexity index is 340. The van der Waals surface area contributed by atoms with Gasteiger partial charge in [-0.05, 0) is 13.3 Å². The predicted molar refractivity (Wildman–Crippen MR) is 57.6 cm³/mol. The average Bonchev–Trinajstić information content (AvgIpc) is 2.42. The van der Waals surface area contributed by atoms with E-state index in [2.05, 4.69) is 5.32 Å². The van der Waals surface area contributed by atoms with Gasteiger partial charge in [0.15, 0.2) is 0 Å².